The molecule has 2 heteroatoms. The first-order valence-electron chi connectivity index (χ1n) is 7.29. The van der Waals surface area contributed by atoms with Crippen LogP contribution in [0.15, 0.2) is 30.5 Å². The summed E-state index contributed by atoms with van der Waals surface area (Å²) >= 11 is 0. The van der Waals surface area contributed by atoms with E-state index in [2.05, 4.69) is 55.0 Å². The van der Waals surface area contributed by atoms with Crippen molar-refractivity contribution in [3.05, 3.63) is 41.9 Å². The van der Waals surface area contributed by atoms with Crippen LogP contribution in [0.3, 0.4) is 0 Å². The number of hydrogen-bond acceptors (Lipinski definition) is 1. The average molecular weight is 260 g/mol. The van der Waals surface area contributed by atoms with Gasteiger partial charge in [-0.15, -0.1) is 0 Å². The van der Waals surface area contributed by atoms with Crippen molar-refractivity contribution >= 4 is 0 Å². The summed E-state index contributed by atoms with van der Waals surface area (Å²) in [4.78, 5) is 7.71. The van der Waals surface area contributed by atoms with Gasteiger partial charge in [0.15, 0.2) is 0 Å². The molecule has 2 nitrogen and oxygen atoms in total. The van der Waals surface area contributed by atoms with Crippen molar-refractivity contribution in [2.75, 3.05) is 0 Å². The lowest BCUT2D eigenvalue weighted by Gasteiger charge is -2.00. The Bertz CT molecular complexity index is 456. The summed E-state index contributed by atoms with van der Waals surface area (Å²) in [5.74, 6) is 1.50. The van der Waals surface area contributed by atoms with E-state index < -0.39 is 0 Å². The van der Waals surface area contributed by atoms with Gasteiger partial charge in [-0.25, -0.2) is 4.98 Å². The summed E-state index contributed by atoms with van der Waals surface area (Å²) in [5.41, 5.74) is 3.57. The number of H-pyrrole nitrogens is 1. The predicted molar refractivity (Wildman–Crippen MR) is 85.5 cm³/mol. The van der Waals surface area contributed by atoms with Crippen molar-refractivity contribution in [3.63, 3.8) is 0 Å². The molecule has 0 saturated heterocycles. The van der Waals surface area contributed by atoms with Gasteiger partial charge in [0.25, 0.3) is 0 Å². The molecule has 19 heavy (non-hydrogen) atoms. The number of rotatable bonds is 2. The number of benzene rings is 1. The van der Waals surface area contributed by atoms with E-state index in [0.29, 0.717) is 5.92 Å². The van der Waals surface area contributed by atoms with E-state index in [9.17, 15) is 0 Å². The predicted octanol–water partition coefficient (Wildman–Crippen LogP) is 5.56. The molecule has 0 amide bonds. The molecule has 0 fully saturated rings. The third-order valence-corrected chi connectivity index (χ3v) is 2.47. The maximum atomic E-state index is 4.37. The molecule has 0 saturated carbocycles. The van der Waals surface area contributed by atoms with Gasteiger partial charge in [0, 0.05) is 5.92 Å². The Hall–Kier alpha value is -1.57. The summed E-state index contributed by atoms with van der Waals surface area (Å²) in [7, 11) is 0. The van der Waals surface area contributed by atoms with Crippen molar-refractivity contribution in [2.45, 2.75) is 54.4 Å². The van der Waals surface area contributed by atoms with Crippen LogP contribution in [0.5, 0.6) is 0 Å². The monoisotopic (exact) mass is 260 g/mol. The Labute approximate surface area is 118 Å². The topological polar surface area (TPSA) is 28.7 Å². The Kier molecular flexibility index (Phi) is 8.60. The fourth-order valence-electron chi connectivity index (χ4n) is 1.59. The number of nitrogens with one attached hydrogen (secondary N) is 1. The first kappa shape index (κ1) is 17.4. The molecule has 0 atom stereocenters. The van der Waals surface area contributed by atoms with Crippen LogP contribution in [0.4, 0.5) is 0 Å². The average Bonchev–Trinajstić information content (AvgIpc) is 2.93. The minimum atomic E-state index is 0.448. The molecule has 0 aliphatic rings. The van der Waals surface area contributed by atoms with Crippen LogP contribution in [-0.4, -0.2) is 9.97 Å². The Morgan fingerprint density at radius 2 is 1.68 bits per heavy atom. The highest BCUT2D eigenvalue weighted by Gasteiger charge is 2.05. The third-order valence-electron chi connectivity index (χ3n) is 2.47. The zero-order valence-electron chi connectivity index (χ0n) is 13.4. The fraction of sp³-hybridized carbons (Fsp3) is 0.471. The second-order valence-corrected chi connectivity index (χ2v) is 4.21. The highest BCUT2D eigenvalue weighted by molar-refractivity contribution is 5.59. The lowest BCUT2D eigenvalue weighted by Crippen LogP contribution is -1.89. The van der Waals surface area contributed by atoms with E-state index >= 15 is 0 Å². The molecule has 0 aliphatic heterocycles. The van der Waals surface area contributed by atoms with Crippen LogP contribution >= 0.6 is 0 Å². The molecule has 106 valence electrons. The molecule has 1 heterocycles. The number of aryl methyl sites for hydroxylation is 1. The fourth-order valence-corrected chi connectivity index (χ4v) is 1.59. The van der Waals surface area contributed by atoms with E-state index in [0.717, 1.165) is 11.5 Å². The molecule has 1 N–H and O–H groups in total. The summed E-state index contributed by atoms with van der Waals surface area (Å²) in [6.45, 7) is 14.4. The van der Waals surface area contributed by atoms with E-state index in [1.165, 1.54) is 11.1 Å². The molecule has 1 aromatic heterocycles. The Morgan fingerprint density at radius 1 is 1.05 bits per heavy atom. The minimum Gasteiger partial charge on any atom is -0.342 e. The van der Waals surface area contributed by atoms with E-state index in [-0.39, 0.29) is 0 Å². The summed E-state index contributed by atoms with van der Waals surface area (Å²) < 4.78 is 0. The molecular formula is C17H28N2. The number of imidazole rings is 1. The maximum Gasteiger partial charge on any atom is 0.109 e. The van der Waals surface area contributed by atoms with Gasteiger partial charge < -0.3 is 4.98 Å². The van der Waals surface area contributed by atoms with Crippen molar-refractivity contribution < 1.29 is 0 Å². The van der Waals surface area contributed by atoms with Gasteiger partial charge >= 0.3 is 0 Å². The lowest BCUT2D eigenvalue weighted by molar-refractivity contribution is 0.795. The molecule has 2 aromatic rings. The van der Waals surface area contributed by atoms with Gasteiger partial charge in [0.1, 0.15) is 5.82 Å². The van der Waals surface area contributed by atoms with Gasteiger partial charge in [0.2, 0.25) is 0 Å². The van der Waals surface area contributed by atoms with Gasteiger partial charge in [-0.05, 0) is 18.6 Å². The first-order chi connectivity index (χ1) is 9.16. The van der Waals surface area contributed by atoms with Crippen molar-refractivity contribution in [2.24, 2.45) is 0 Å². The molecule has 1 aromatic carbocycles. The maximum absolute atomic E-state index is 4.37. The van der Waals surface area contributed by atoms with Crippen molar-refractivity contribution in [1.82, 2.24) is 9.97 Å². The van der Waals surface area contributed by atoms with Gasteiger partial charge in [-0.2, -0.15) is 0 Å². The number of hydrogen-bond donors (Lipinski definition) is 1. The number of nitrogens with zero attached hydrogens (tertiary/aromatic N) is 1. The number of aromatic amines is 1. The second kappa shape index (κ2) is 9.37. The van der Waals surface area contributed by atoms with Gasteiger partial charge in [-0.1, -0.05) is 65.3 Å². The molecule has 0 unspecified atom stereocenters. The van der Waals surface area contributed by atoms with Crippen LogP contribution in [0.2, 0.25) is 0 Å². The molecule has 2 rings (SSSR count). The van der Waals surface area contributed by atoms with Crippen LogP contribution in [-0.2, 0) is 0 Å². The quantitative estimate of drug-likeness (QED) is 0.752. The summed E-state index contributed by atoms with van der Waals surface area (Å²) in [6, 6.07) is 8.44. The molecule has 0 spiro atoms. The largest absolute Gasteiger partial charge is 0.342 e. The van der Waals surface area contributed by atoms with Crippen LogP contribution in [0, 0.1) is 6.92 Å². The van der Waals surface area contributed by atoms with Crippen molar-refractivity contribution in [1.29, 1.82) is 0 Å². The molecule has 0 bridgehead atoms. The van der Waals surface area contributed by atoms with Gasteiger partial charge in [0.05, 0.1) is 11.9 Å². The van der Waals surface area contributed by atoms with E-state index in [1.54, 1.807) is 0 Å². The third kappa shape index (κ3) is 5.29. The zero-order chi connectivity index (χ0) is 14.8. The minimum absolute atomic E-state index is 0.448. The highest BCUT2D eigenvalue weighted by atomic mass is 14.9. The summed E-state index contributed by atoms with van der Waals surface area (Å²) in [5, 5.41) is 0. The second-order valence-electron chi connectivity index (χ2n) is 4.21. The first-order valence-corrected chi connectivity index (χ1v) is 7.29. The van der Waals surface area contributed by atoms with Crippen LogP contribution in [0.25, 0.3) is 11.3 Å². The highest BCUT2D eigenvalue weighted by Crippen LogP contribution is 2.20. The lowest BCUT2D eigenvalue weighted by atomic mass is 10.1. The summed E-state index contributed by atoms with van der Waals surface area (Å²) in [6.07, 6.45) is 1.91. The van der Waals surface area contributed by atoms with E-state index in [1.807, 2.05) is 33.9 Å². The van der Waals surface area contributed by atoms with Crippen LogP contribution < -0.4 is 0 Å². The van der Waals surface area contributed by atoms with Crippen LogP contribution in [0.1, 0.15) is 58.8 Å². The van der Waals surface area contributed by atoms with Crippen molar-refractivity contribution in [3.8, 4) is 11.3 Å². The zero-order valence-corrected chi connectivity index (χ0v) is 13.4. The molecular weight excluding hydrogens is 232 g/mol. The van der Waals surface area contributed by atoms with Gasteiger partial charge in [-0.3, -0.25) is 0 Å². The number of aromatic nitrogens is 2. The standard InChI is InChI=1S/C13H16N2.2C2H6/c1-9(2)13-14-8-12(15-13)11-6-4-5-10(3)7-11;2*1-2/h4-9H,1-3H3,(H,14,15);2*1-2H3. The SMILES string of the molecule is CC.CC.Cc1cccc(-c2cnc(C(C)C)[nH]2)c1. The Morgan fingerprint density at radius 3 is 2.16 bits per heavy atom. The normalized spacial score (nSPS) is 9.26. The smallest absolute Gasteiger partial charge is 0.109 e. The Balaban J connectivity index is 0.000000741. The molecule has 0 aliphatic carbocycles. The van der Waals surface area contributed by atoms with E-state index in [4.69, 9.17) is 0 Å². The molecule has 0 radical (unpaired) electrons.